The Morgan fingerprint density at radius 2 is 1.20 bits per heavy atom. The van der Waals surface area contributed by atoms with Crippen LogP contribution in [-0.4, -0.2) is 17.4 Å². The van der Waals surface area contributed by atoms with Crippen LogP contribution in [0.1, 0.15) is 0 Å². The van der Waals surface area contributed by atoms with Gasteiger partial charge in [0.1, 0.15) is 0 Å². The zero-order chi connectivity index (χ0) is 2.00. The van der Waals surface area contributed by atoms with E-state index in [0.29, 0.717) is 0 Å². The summed E-state index contributed by atoms with van der Waals surface area (Å²) in [5, 5.41) is 6.25. The smallest absolute Gasteiger partial charge is 0.187 e. The van der Waals surface area contributed by atoms with E-state index in [-0.39, 0.29) is 56.8 Å². The van der Waals surface area contributed by atoms with Gasteiger partial charge in [-0.2, -0.15) is 0 Å². The summed E-state index contributed by atoms with van der Waals surface area (Å²) >= 11 is 0. The molecule has 1 nitrogen and oxygen atoms in total. The van der Waals surface area contributed by atoms with Crippen molar-refractivity contribution >= 4 is 17.4 Å². The average molecular weight is 220 g/mol. The van der Waals surface area contributed by atoms with E-state index in [0.717, 1.165) is 0 Å². The first-order valence-corrected chi connectivity index (χ1v) is 0.224. The van der Waals surface area contributed by atoms with Crippen LogP contribution in [0.2, 0.25) is 0 Å². The number of hydrogen-bond acceptors (Lipinski definition) is 1. The molecule has 0 spiro atoms. The number of rotatable bonds is 0. The molecule has 0 bridgehead atoms. The molecule has 0 N–H and O–H groups in total. The van der Waals surface area contributed by atoms with Crippen molar-refractivity contribution in [1.82, 2.24) is 0 Å². The van der Waals surface area contributed by atoms with Gasteiger partial charge in [-0.3, -0.25) is 0 Å². The molecule has 1 radical (unpaired) electrons. The van der Waals surface area contributed by atoms with Crippen LogP contribution in [0.4, 0.5) is 0 Å². The van der Waals surface area contributed by atoms with Gasteiger partial charge in [-0.05, 0) is 0 Å². The van der Waals surface area contributed by atoms with Crippen molar-refractivity contribution in [3.8, 4) is 0 Å². The zero-order valence-corrected chi connectivity index (χ0v) is 4.19. The fourth-order valence-corrected chi connectivity index (χ4v) is 0. The van der Waals surface area contributed by atoms with Crippen molar-refractivity contribution in [2.24, 2.45) is 0 Å². The molecule has 0 aliphatic carbocycles. The van der Waals surface area contributed by atoms with Crippen molar-refractivity contribution in [2.45, 2.75) is 0 Å². The van der Waals surface area contributed by atoms with E-state index in [9.17, 15) is 0 Å². The van der Waals surface area contributed by atoms with Gasteiger partial charge in [0.2, 0.25) is 0 Å². The van der Waals surface area contributed by atoms with Gasteiger partial charge in [0.05, 0.1) is 0 Å². The molecule has 0 amide bonds. The van der Waals surface area contributed by atoms with Crippen molar-refractivity contribution < 1.29 is 39.4 Å². The molecule has 0 heterocycles. The second-order valence-electron chi connectivity index (χ2n) is 0. The maximum Gasteiger partial charge on any atom is 0.187 e. The van der Waals surface area contributed by atoms with Crippen LogP contribution in [0, 0.1) is 11.8 Å². The molecule has 0 aromatic rings. The summed E-state index contributed by atoms with van der Waals surface area (Å²) in [5.41, 5.74) is 0. The van der Waals surface area contributed by atoms with E-state index in [2.05, 4.69) is 0 Å². The minimum Gasteiger partial charge on any atom is -0.512 e. The Morgan fingerprint density at radius 1 is 1.20 bits per heavy atom. The molecular weight excluding hydrogens is 217 g/mol. The molecule has 0 saturated carbocycles. The summed E-state index contributed by atoms with van der Waals surface area (Å²) in [7, 11) is 0. The summed E-state index contributed by atoms with van der Waals surface area (Å²) in [6, 6.07) is 0. The SMILES string of the molecule is [Ag].[AlH3].[C-]#N.[Fe]. The van der Waals surface area contributed by atoms with Crippen LogP contribution in [0.25, 0.3) is 0 Å². The third kappa shape index (κ3) is 34.6. The van der Waals surface area contributed by atoms with E-state index < -0.39 is 0 Å². The third-order valence-corrected chi connectivity index (χ3v) is 0. The summed E-state index contributed by atoms with van der Waals surface area (Å²) in [6.45, 7) is 4.75. The van der Waals surface area contributed by atoms with Crippen LogP contribution < -0.4 is 0 Å². The fourth-order valence-electron chi connectivity index (χ4n) is 0. The Labute approximate surface area is 68.2 Å². The van der Waals surface area contributed by atoms with Crippen LogP contribution in [0.5, 0.6) is 0 Å². The second-order valence-corrected chi connectivity index (χ2v) is 0. The van der Waals surface area contributed by atoms with Gasteiger partial charge >= 0.3 is 0 Å². The molecule has 5 heavy (non-hydrogen) atoms. The second kappa shape index (κ2) is 58.9. The van der Waals surface area contributed by atoms with Gasteiger partial charge in [0.25, 0.3) is 0 Å². The van der Waals surface area contributed by atoms with Gasteiger partial charge in [0.15, 0.2) is 17.4 Å². The van der Waals surface area contributed by atoms with Gasteiger partial charge in [-0.25, -0.2) is 0 Å². The summed E-state index contributed by atoms with van der Waals surface area (Å²) in [6.07, 6.45) is 0. The molecule has 0 aliphatic rings. The first-order chi connectivity index (χ1) is 1.00. The van der Waals surface area contributed by atoms with E-state index in [1.54, 1.807) is 0 Å². The Kier molecular flexibility index (Phi) is 397. The Morgan fingerprint density at radius 3 is 1.20 bits per heavy atom. The maximum atomic E-state index is 6.25. The van der Waals surface area contributed by atoms with Crippen LogP contribution in [-0.2, 0) is 39.4 Å². The molecule has 0 fully saturated rings. The van der Waals surface area contributed by atoms with Crippen LogP contribution in [0.15, 0.2) is 0 Å². The minimum atomic E-state index is 0. The first-order valence-electron chi connectivity index (χ1n) is 0.224. The number of hydrogen-bond donors (Lipinski definition) is 0. The maximum absolute atomic E-state index is 6.25. The van der Waals surface area contributed by atoms with Crippen LogP contribution in [0.3, 0.4) is 0 Å². The Balaban J connectivity index is -0.00000000167. The molecule has 4 heteroatoms. The molecular formula is CH3AgAlFeN-. The van der Waals surface area contributed by atoms with E-state index in [4.69, 9.17) is 11.8 Å². The molecule has 0 aromatic heterocycles. The topological polar surface area (TPSA) is 23.8 Å². The van der Waals surface area contributed by atoms with Gasteiger partial charge in [-0.1, -0.05) is 0 Å². The third-order valence-electron chi connectivity index (χ3n) is 0. The monoisotopic (exact) mass is 219 g/mol. The Hall–Kier alpha value is 1.28. The van der Waals surface area contributed by atoms with Crippen molar-refractivity contribution in [3.63, 3.8) is 0 Å². The van der Waals surface area contributed by atoms with Crippen LogP contribution >= 0.6 is 0 Å². The zero-order valence-electron chi connectivity index (χ0n) is 1.60. The molecule has 0 atom stereocenters. The predicted octanol–water partition coefficient (Wildman–Crippen LogP) is -1.09. The van der Waals surface area contributed by atoms with E-state index in [1.807, 2.05) is 0 Å². The van der Waals surface area contributed by atoms with E-state index in [1.165, 1.54) is 0 Å². The predicted molar refractivity (Wildman–Crippen MR) is 14.9 cm³/mol. The molecule has 35 valence electrons. The van der Waals surface area contributed by atoms with Gasteiger partial charge in [0, 0.05) is 39.4 Å². The molecule has 0 saturated heterocycles. The normalized spacial score (nSPS) is 0.400. The quantitative estimate of drug-likeness (QED) is 0.375. The van der Waals surface area contributed by atoms with E-state index >= 15 is 0 Å². The Bertz CT molecular complexity index is 16.4. The van der Waals surface area contributed by atoms with Crippen molar-refractivity contribution in [1.29, 1.82) is 5.26 Å². The summed E-state index contributed by atoms with van der Waals surface area (Å²) < 4.78 is 0. The average Bonchev–Trinajstić information content (AvgIpc) is 1.00. The molecule has 0 aliphatic heterocycles. The van der Waals surface area contributed by atoms with Gasteiger partial charge in [-0.15, -0.1) is 0 Å². The standard InChI is InChI=1S/CN.Ag.Al.Fe.3H/c1-2;;;;;;/q-1;;;;;;. The van der Waals surface area contributed by atoms with Crippen molar-refractivity contribution in [2.75, 3.05) is 0 Å². The largest absolute Gasteiger partial charge is 0.512 e. The van der Waals surface area contributed by atoms with Gasteiger partial charge < -0.3 is 11.8 Å². The summed E-state index contributed by atoms with van der Waals surface area (Å²) in [5.74, 6) is 0. The first kappa shape index (κ1) is 33.7. The van der Waals surface area contributed by atoms with Crippen molar-refractivity contribution in [3.05, 3.63) is 6.57 Å². The minimum absolute atomic E-state index is 0. The fraction of sp³-hybridized carbons (Fsp3) is 0. The molecule has 0 unspecified atom stereocenters. The summed E-state index contributed by atoms with van der Waals surface area (Å²) in [4.78, 5) is 0. The number of nitrogens with zero attached hydrogens (tertiary/aromatic N) is 1. The molecule has 0 rings (SSSR count). The molecule has 0 aromatic carbocycles.